The van der Waals surface area contributed by atoms with Gasteiger partial charge in [0.15, 0.2) is 9.84 Å². The fraction of sp³-hybridized carbons (Fsp3) is 0.333. The average molecular weight is 374 g/mol. The minimum Gasteiger partial charge on any atom is -0.361 e. The number of carbonyl (C=O) groups excluding carboxylic acids is 1. The van der Waals surface area contributed by atoms with Crippen molar-refractivity contribution < 1.29 is 31.7 Å². The highest BCUT2D eigenvalue weighted by Gasteiger charge is 2.43. The van der Waals surface area contributed by atoms with Crippen LogP contribution in [-0.4, -0.2) is 35.7 Å². The minimum absolute atomic E-state index is 0.00714. The highest BCUT2D eigenvalue weighted by molar-refractivity contribution is 7.92. The fourth-order valence-corrected chi connectivity index (χ4v) is 3.06. The van der Waals surface area contributed by atoms with Crippen molar-refractivity contribution in [3.8, 4) is 11.3 Å². The summed E-state index contributed by atoms with van der Waals surface area (Å²) in [6.45, 7) is 1.17. The van der Waals surface area contributed by atoms with Crippen LogP contribution in [0.25, 0.3) is 11.3 Å². The molecule has 0 saturated heterocycles. The second kappa shape index (κ2) is 6.89. The van der Waals surface area contributed by atoms with Crippen LogP contribution in [0.4, 0.5) is 8.78 Å². The Labute approximate surface area is 142 Å². The van der Waals surface area contributed by atoms with Crippen LogP contribution >= 0.6 is 0 Å². The number of benzene rings is 1. The molecule has 1 unspecified atom stereocenters. The molecule has 1 heterocycles. The number of nitrogens with zero attached hydrogens (tertiary/aromatic N) is 1. The van der Waals surface area contributed by atoms with Gasteiger partial charge in [-0.05, 0) is 25.5 Å². The zero-order valence-electron chi connectivity index (χ0n) is 13.4. The Bertz CT molecular complexity index is 897. The van der Waals surface area contributed by atoms with E-state index in [0.29, 0.717) is 6.07 Å². The van der Waals surface area contributed by atoms with Gasteiger partial charge in [0.1, 0.15) is 27.8 Å². The Balaban J connectivity index is 2.22. The molecule has 2 N–H and O–H groups in total. The fourth-order valence-electron chi connectivity index (χ4n) is 2.20. The molecule has 25 heavy (non-hydrogen) atoms. The molecule has 0 bridgehead atoms. The van der Waals surface area contributed by atoms with Gasteiger partial charge in [-0.25, -0.2) is 22.7 Å². The monoisotopic (exact) mass is 374 g/mol. The molecule has 1 aromatic heterocycles. The van der Waals surface area contributed by atoms with Crippen LogP contribution in [0.15, 0.2) is 28.8 Å². The number of rotatable bonds is 6. The maximum absolute atomic E-state index is 13.7. The van der Waals surface area contributed by atoms with Gasteiger partial charge in [0.25, 0.3) is 5.91 Å². The Morgan fingerprint density at radius 2 is 2.04 bits per heavy atom. The number of hydrogen-bond donors (Lipinski definition) is 2. The number of hydroxylamine groups is 1. The van der Waals surface area contributed by atoms with Crippen LogP contribution in [-0.2, 0) is 21.1 Å². The molecular weight excluding hydrogens is 358 g/mol. The van der Waals surface area contributed by atoms with E-state index < -0.39 is 32.1 Å². The van der Waals surface area contributed by atoms with Crippen LogP contribution in [0.2, 0.25) is 0 Å². The van der Waals surface area contributed by atoms with E-state index in [1.165, 1.54) is 24.5 Å². The SMILES string of the molecule is CC(CCc1cc(-c2ccc(F)cc2F)no1)(C(=O)NO)S(C)(=O)=O. The Hall–Kier alpha value is -2.33. The van der Waals surface area contributed by atoms with Crippen molar-refractivity contribution in [1.29, 1.82) is 0 Å². The molecule has 0 radical (unpaired) electrons. The normalized spacial score (nSPS) is 14.1. The summed E-state index contributed by atoms with van der Waals surface area (Å²) in [5, 5.41) is 12.4. The summed E-state index contributed by atoms with van der Waals surface area (Å²) in [6.07, 6.45) is 0.674. The van der Waals surface area contributed by atoms with Crippen molar-refractivity contribution in [2.75, 3.05) is 6.26 Å². The van der Waals surface area contributed by atoms with Crippen molar-refractivity contribution in [1.82, 2.24) is 10.6 Å². The topological polar surface area (TPSA) is 110 Å². The lowest BCUT2D eigenvalue weighted by Crippen LogP contribution is -2.49. The van der Waals surface area contributed by atoms with Crippen LogP contribution in [0.1, 0.15) is 19.1 Å². The van der Waals surface area contributed by atoms with E-state index in [1.807, 2.05) is 0 Å². The van der Waals surface area contributed by atoms with E-state index in [-0.39, 0.29) is 29.9 Å². The summed E-state index contributed by atoms with van der Waals surface area (Å²) in [5.41, 5.74) is 1.48. The number of aromatic nitrogens is 1. The second-order valence-electron chi connectivity index (χ2n) is 5.75. The van der Waals surface area contributed by atoms with Crippen molar-refractivity contribution in [3.05, 3.63) is 41.7 Å². The predicted molar refractivity (Wildman–Crippen MR) is 83.4 cm³/mol. The number of carbonyl (C=O) groups is 1. The van der Waals surface area contributed by atoms with Gasteiger partial charge in [0.05, 0.1) is 0 Å². The van der Waals surface area contributed by atoms with Crippen molar-refractivity contribution >= 4 is 15.7 Å². The highest BCUT2D eigenvalue weighted by atomic mass is 32.2. The molecular formula is C15H16F2N2O5S. The summed E-state index contributed by atoms with van der Waals surface area (Å²) in [4.78, 5) is 11.7. The molecule has 0 aliphatic rings. The number of halogens is 2. The molecule has 1 amide bonds. The number of aryl methyl sites for hydroxylation is 1. The molecule has 0 fully saturated rings. The highest BCUT2D eigenvalue weighted by Crippen LogP contribution is 2.27. The molecule has 0 saturated carbocycles. The summed E-state index contributed by atoms with van der Waals surface area (Å²) < 4.78 is 53.6. The largest absolute Gasteiger partial charge is 0.361 e. The predicted octanol–water partition coefficient (Wildman–Crippen LogP) is 1.86. The van der Waals surface area contributed by atoms with E-state index in [4.69, 9.17) is 9.73 Å². The average Bonchev–Trinajstić information content (AvgIpc) is 2.99. The third-order valence-corrected chi connectivity index (χ3v) is 6.04. The quantitative estimate of drug-likeness (QED) is 0.590. The molecule has 10 heteroatoms. The summed E-state index contributed by atoms with van der Waals surface area (Å²) in [5.74, 6) is -2.41. The lowest BCUT2D eigenvalue weighted by atomic mass is 10.0. The Kier molecular flexibility index (Phi) is 5.23. The van der Waals surface area contributed by atoms with Gasteiger partial charge in [-0.15, -0.1) is 0 Å². The summed E-state index contributed by atoms with van der Waals surface area (Å²) in [7, 11) is -3.84. The third-order valence-electron chi connectivity index (χ3n) is 4.01. The van der Waals surface area contributed by atoms with Crippen molar-refractivity contribution in [2.24, 2.45) is 0 Å². The molecule has 0 aliphatic heterocycles. The molecule has 0 aliphatic carbocycles. The van der Waals surface area contributed by atoms with Gasteiger partial charge in [-0.1, -0.05) is 5.16 Å². The Morgan fingerprint density at radius 1 is 1.36 bits per heavy atom. The zero-order valence-corrected chi connectivity index (χ0v) is 14.2. The molecule has 1 atom stereocenters. The van der Waals surface area contributed by atoms with E-state index in [2.05, 4.69) is 5.16 Å². The van der Waals surface area contributed by atoms with Crippen LogP contribution in [0, 0.1) is 11.6 Å². The molecule has 136 valence electrons. The standard InChI is InChI=1S/C15H16F2N2O5S/c1-15(14(20)18-21,25(2,22)23)6-5-10-8-13(19-24-10)11-4-3-9(16)7-12(11)17/h3-4,7-8,21H,5-6H2,1-2H3,(H,18,20). The van der Waals surface area contributed by atoms with Gasteiger partial charge >= 0.3 is 0 Å². The van der Waals surface area contributed by atoms with Gasteiger partial charge in [0.2, 0.25) is 0 Å². The van der Waals surface area contributed by atoms with Crippen LogP contribution in [0.5, 0.6) is 0 Å². The first-order valence-electron chi connectivity index (χ1n) is 7.13. The number of nitrogens with one attached hydrogen (secondary N) is 1. The van der Waals surface area contributed by atoms with E-state index in [1.54, 1.807) is 0 Å². The maximum Gasteiger partial charge on any atom is 0.264 e. The van der Waals surface area contributed by atoms with Gasteiger partial charge in [0, 0.05) is 30.4 Å². The van der Waals surface area contributed by atoms with Crippen LogP contribution in [0.3, 0.4) is 0 Å². The van der Waals surface area contributed by atoms with E-state index in [0.717, 1.165) is 12.3 Å². The van der Waals surface area contributed by atoms with Gasteiger partial charge in [-0.3, -0.25) is 10.0 Å². The zero-order chi connectivity index (χ0) is 18.8. The van der Waals surface area contributed by atoms with E-state index >= 15 is 0 Å². The first-order valence-corrected chi connectivity index (χ1v) is 9.03. The first-order chi connectivity index (χ1) is 11.6. The Morgan fingerprint density at radius 3 is 2.60 bits per heavy atom. The third kappa shape index (κ3) is 3.85. The van der Waals surface area contributed by atoms with Crippen molar-refractivity contribution in [2.45, 2.75) is 24.5 Å². The minimum atomic E-state index is -3.84. The molecule has 2 aromatic rings. The van der Waals surface area contributed by atoms with Gasteiger partial charge in [-0.2, -0.15) is 0 Å². The lowest BCUT2D eigenvalue weighted by Gasteiger charge is -2.24. The number of amides is 1. The van der Waals surface area contributed by atoms with Gasteiger partial charge < -0.3 is 4.52 Å². The smallest absolute Gasteiger partial charge is 0.264 e. The first kappa shape index (κ1) is 19.0. The number of hydrogen-bond acceptors (Lipinski definition) is 6. The molecule has 1 aromatic carbocycles. The van der Waals surface area contributed by atoms with Crippen LogP contribution < -0.4 is 5.48 Å². The van der Waals surface area contributed by atoms with Crippen molar-refractivity contribution in [3.63, 3.8) is 0 Å². The summed E-state index contributed by atoms with van der Waals surface area (Å²) >= 11 is 0. The van der Waals surface area contributed by atoms with E-state index in [9.17, 15) is 22.0 Å². The molecule has 2 rings (SSSR count). The second-order valence-corrected chi connectivity index (χ2v) is 8.19. The lowest BCUT2D eigenvalue weighted by molar-refractivity contribution is -0.131. The molecule has 0 spiro atoms. The summed E-state index contributed by atoms with van der Waals surface area (Å²) in [6, 6.07) is 4.34. The maximum atomic E-state index is 13.7. The molecule has 7 nitrogen and oxygen atoms in total. The number of sulfone groups is 1.